The number of benzene rings is 1. The molecular formula is C17H24N2O2. The molecule has 21 heavy (non-hydrogen) atoms. The molecule has 1 aromatic carbocycles. The first kappa shape index (κ1) is 15.5. The number of nitrogens with zero attached hydrogens (tertiary/aromatic N) is 1. The van der Waals surface area contributed by atoms with Gasteiger partial charge in [-0.25, -0.2) is 0 Å². The van der Waals surface area contributed by atoms with Gasteiger partial charge in [0.1, 0.15) is 0 Å². The van der Waals surface area contributed by atoms with Crippen LogP contribution in [0.4, 0.5) is 5.69 Å². The highest BCUT2D eigenvalue weighted by molar-refractivity contribution is 5.95. The van der Waals surface area contributed by atoms with Gasteiger partial charge in [-0.15, -0.1) is 0 Å². The number of rotatable bonds is 6. The number of hydrogen-bond acceptors (Lipinski definition) is 2. The number of anilines is 1. The van der Waals surface area contributed by atoms with E-state index in [9.17, 15) is 9.59 Å². The summed E-state index contributed by atoms with van der Waals surface area (Å²) >= 11 is 0. The summed E-state index contributed by atoms with van der Waals surface area (Å²) in [5.74, 6) is 0.245. The predicted octanol–water partition coefficient (Wildman–Crippen LogP) is 2.66. The molecule has 4 nitrogen and oxygen atoms in total. The normalized spacial score (nSPS) is 16.1. The molecular weight excluding hydrogens is 264 g/mol. The molecule has 1 unspecified atom stereocenters. The average Bonchev–Trinajstić information content (AvgIpc) is 2.86. The lowest BCUT2D eigenvalue weighted by Crippen LogP contribution is -2.33. The maximum Gasteiger partial charge on any atom is 0.227 e. The fourth-order valence-electron chi connectivity index (χ4n) is 2.73. The highest BCUT2D eigenvalue weighted by Crippen LogP contribution is 2.21. The second-order valence-corrected chi connectivity index (χ2v) is 5.75. The zero-order chi connectivity index (χ0) is 15.2. The Morgan fingerprint density at radius 1 is 1.33 bits per heavy atom. The molecule has 1 aromatic rings. The summed E-state index contributed by atoms with van der Waals surface area (Å²) in [5.41, 5.74) is 1.91. The van der Waals surface area contributed by atoms with Crippen molar-refractivity contribution in [3.8, 4) is 0 Å². The lowest BCUT2D eigenvalue weighted by Gasteiger charge is -2.16. The van der Waals surface area contributed by atoms with Crippen LogP contribution >= 0.6 is 0 Å². The van der Waals surface area contributed by atoms with E-state index in [-0.39, 0.29) is 17.9 Å². The van der Waals surface area contributed by atoms with Crippen molar-refractivity contribution in [1.29, 1.82) is 0 Å². The van der Waals surface area contributed by atoms with E-state index in [2.05, 4.69) is 12.2 Å². The second-order valence-electron chi connectivity index (χ2n) is 5.75. The molecule has 1 fully saturated rings. The first-order valence-corrected chi connectivity index (χ1v) is 7.79. The number of amides is 2. The highest BCUT2D eigenvalue weighted by Gasteiger charge is 2.21. The van der Waals surface area contributed by atoms with Crippen LogP contribution in [0, 0.1) is 0 Å². The summed E-state index contributed by atoms with van der Waals surface area (Å²) in [7, 11) is 0. The number of carbonyl (C=O) groups excluding carboxylic acids is 2. The van der Waals surface area contributed by atoms with Crippen LogP contribution in [-0.4, -0.2) is 24.4 Å². The Morgan fingerprint density at radius 2 is 2.05 bits per heavy atom. The molecule has 0 aromatic heterocycles. The predicted molar refractivity (Wildman–Crippen MR) is 84.2 cm³/mol. The molecule has 4 heteroatoms. The molecule has 114 valence electrons. The molecule has 1 atom stereocenters. The quantitative estimate of drug-likeness (QED) is 0.875. The average molecular weight is 288 g/mol. The Hall–Kier alpha value is -1.84. The first-order valence-electron chi connectivity index (χ1n) is 7.79. The molecule has 0 spiro atoms. The monoisotopic (exact) mass is 288 g/mol. The van der Waals surface area contributed by atoms with Crippen LogP contribution in [0.2, 0.25) is 0 Å². The van der Waals surface area contributed by atoms with Crippen molar-refractivity contribution in [3.63, 3.8) is 0 Å². The van der Waals surface area contributed by atoms with Crippen molar-refractivity contribution in [2.75, 3.05) is 11.4 Å². The van der Waals surface area contributed by atoms with Crippen LogP contribution in [0.3, 0.4) is 0 Å². The van der Waals surface area contributed by atoms with E-state index in [1.165, 1.54) is 0 Å². The molecule has 2 rings (SSSR count). The third-order valence-electron chi connectivity index (χ3n) is 3.82. The SMILES string of the molecule is CCCC(C)NC(=O)Cc1ccc(N2CCCC2=O)cc1. The number of hydrogen-bond donors (Lipinski definition) is 1. The number of carbonyl (C=O) groups is 2. The van der Waals surface area contributed by atoms with Gasteiger partial charge in [-0.2, -0.15) is 0 Å². The summed E-state index contributed by atoms with van der Waals surface area (Å²) in [6, 6.07) is 7.96. The number of nitrogens with one attached hydrogen (secondary N) is 1. The standard InChI is InChI=1S/C17H24N2O2/c1-3-5-13(2)18-16(20)12-14-7-9-15(10-8-14)19-11-4-6-17(19)21/h7-10,13H,3-6,11-12H2,1-2H3,(H,18,20). The van der Waals surface area contributed by atoms with Gasteiger partial charge in [0.15, 0.2) is 0 Å². The zero-order valence-corrected chi connectivity index (χ0v) is 12.9. The van der Waals surface area contributed by atoms with Crippen LogP contribution in [0.25, 0.3) is 0 Å². The van der Waals surface area contributed by atoms with E-state index >= 15 is 0 Å². The third kappa shape index (κ3) is 4.31. The summed E-state index contributed by atoms with van der Waals surface area (Å²) in [6.07, 6.45) is 4.03. The topological polar surface area (TPSA) is 49.4 Å². The molecule has 0 saturated carbocycles. The summed E-state index contributed by atoms with van der Waals surface area (Å²) < 4.78 is 0. The van der Waals surface area contributed by atoms with Gasteiger partial charge in [-0.1, -0.05) is 25.5 Å². The van der Waals surface area contributed by atoms with Crippen molar-refractivity contribution in [2.24, 2.45) is 0 Å². The Bertz CT molecular complexity index is 496. The Morgan fingerprint density at radius 3 is 2.62 bits per heavy atom. The maximum atomic E-state index is 11.9. The fourth-order valence-corrected chi connectivity index (χ4v) is 2.73. The van der Waals surface area contributed by atoms with Crippen molar-refractivity contribution in [1.82, 2.24) is 5.32 Å². The van der Waals surface area contributed by atoms with Gasteiger partial charge >= 0.3 is 0 Å². The van der Waals surface area contributed by atoms with Crippen LogP contribution in [0.1, 0.15) is 45.1 Å². The van der Waals surface area contributed by atoms with Crippen molar-refractivity contribution < 1.29 is 9.59 Å². The van der Waals surface area contributed by atoms with E-state index in [4.69, 9.17) is 0 Å². The van der Waals surface area contributed by atoms with Crippen LogP contribution in [0.5, 0.6) is 0 Å². The minimum absolute atomic E-state index is 0.0564. The first-order chi connectivity index (χ1) is 10.1. The lowest BCUT2D eigenvalue weighted by molar-refractivity contribution is -0.121. The molecule has 1 aliphatic rings. The molecule has 1 saturated heterocycles. The molecule has 0 bridgehead atoms. The van der Waals surface area contributed by atoms with E-state index in [1.54, 1.807) is 0 Å². The molecule has 1 N–H and O–H groups in total. The molecule has 1 heterocycles. The van der Waals surface area contributed by atoms with Crippen molar-refractivity contribution in [3.05, 3.63) is 29.8 Å². The van der Waals surface area contributed by atoms with Crippen LogP contribution in [-0.2, 0) is 16.0 Å². The van der Waals surface area contributed by atoms with Gasteiger partial charge in [0, 0.05) is 24.7 Å². The van der Waals surface area contributed by atoms with Crippen LogP contribution < -0.4 is 10.2 Å². The Balaban J connectivity index is 1.90. The van der Waals surface area contributed by atoms with E-state index in [1.807, 2.05) is 36.1 Å². The van der Waals surface area contributed by atoms with Gasteiger partial charge in [0.05, 0.1) is 6.42 Å². The van der Waals surface area contributed by atoms with Gasteiger partial charge in [0.25, 0.3) is 0 Å². The van der Waals surface area contributed by atoms with Gasteiger partial charge in [0.2, 0.25) is 11.8 Å². The summed E-state index contributed by atoms with van der Waals surface area (Å²) in [6.45, 7) is 4.94. The van der Waals surface area contributed by atoms with E-state index < -0.39 is 0 Å². The van der Waals surface area contributed by atoms with E-state index in [0.717, 1.165) is 37.1 Å². The molecule has 2 amide bonds. The van der Waals surface area contributed by atoms with Gasteiger partial charge in [-0.3, -0.25) is 9.59 Å². The minimum Gasteiger partial charge on any atom is -0.353 e. The summed E-state index contributed by atoms with van der Waals surface area (Å²) in [4.78, 5) is 25.4. The molecule has 0 aliphatic carbocycles. The van der Waals surface area contributed by atoms with E-state index in [0.29, 0.717) is 12.8 Å². The zero-order valence-electron chi connectivity index (χ0n) is 12.9. The third-order valence-corrected chi connectivity index (χ3v) is 3.82. The van der Waals surface area contributed by atoms with Crippen LogP contribution in [0.15, 0.2) is 24.3 Å². The van der Waals surface area contributed by atoms with Crippen molar-refractivity contribution >= 4 is 17.5 Å². The Kier molecular flexibility index (Phi) is 5.37. The fraction of sp³-hybridized carbons (Fsp3) is 0.529. The molecule has 1 aliphatic heterocycles. The highest BCUT2D eigenvalue weighted by atomic mass is 16.2. The minimum atomic E-state index is 0.0564. The van der Waals surface area contributed by atoms with Gasteiger partial charge in [-0.05, 0) is 37.5 Å². The summed E-state index contributed by atoms with van der Waals surface area (Å²) in [5, 5.41) is 3.00. The smallest absolute Gasteiger partial charge is 0.227 e. The molecule has 0 radical (unpaired) electrons. The van der Waals surface area contributed by atoms with Gasteiger partial charge < -0.3 is 10.2 Å². The maximum absolute atomic E-state index is 11.9. The van der Waals surface area contributed by atoms with Crippen molar-refractivity contribution in [2.45, 2.75) is 52.0 Å². The largest absolute Gasteiger partial charge is 0.353 e. The Labute approximate surface area is 126 Å². The lowest BCUT2D eigenvalue weighted by atomic mass is 10.1. The second kappa shape index (κ2) is 7.25.